The lowest BCUT2D eigenvalue weighted by Gasteiger charge is -2.36. The number of hydrogen-bond donors (Lipinski definition) is 1. The van der Waals surface area contributed by atoms with Gasteiger partial charge in [0.2, 0.25) is 0 Å². The van der Waals surface area contributed by atoms with Gasteiger partial charge in [0.05, 0.1) is 12.7 Å². The highest BCUT2D eigenvalue weighted by Crippen LogP contribution is 2.36. The van der Waals surface area contributed by atoms with E-state index in [0.717, 1.165) is 18.4 Å². The number of aliphatic hydroxyl groups is 1. The standard InChI is InChI=1S/C15H27NO2Si/c1-15(2,3)19(4,5)18-12-14(17)9-8-13-7-6-10-16-11-13/h6-7,10-11,14,17H,8-9,12H2,1-5H3/t14-/m1/s1. The van der Waals surface area contributed by atoms with E-state index in [0.29, 0.717) is 6.61 Å². The van der Waals surface area contributed by atoms with Crippen molar-refractivity contribution in [2.45, 2.75) is 57.8 Å². The molecule has 0 fully saturated rings. The Morgan fingerprint density at radius 3 is 2.58 bits per heavy atom. The Balaban J connectivity index is 2.34. The van der Waals surface area contributed by atoms with Crippen LogP contribution in [0.4, 0.5) is 0 Å². The molecule has 1 heterocycles. The highest BCUT2D eigenvalue weighted by Gasteiger charge is 2.37. The van der Waals surface area contributed by atoms with Crippen LogP contribution in [0.15, 0.2) is 24.5 Å². The van der Waals surface area contributed by atoms with Gasteiger partial charge in [-0.15, -0.1) is 0 Å². The maximum Gasteiger partial charge on any atom is 0.192 e. The van der Waals surface area contributed by atoms with Crippen LogP contribution in [0, 0.1) is 0 Å². The first-order chi connectivity index (χ1) is 8.72. The number of aromatic nitrogens is 1. The molecule has 0 aliphatic heterocycles. The average molecular weight is 281 g/mol. The van der Waals surface area contributed by atoms with Crippen molar-refractivity contribution < 1.29 is 9.53 Å². The lowest BCUT2D eigenvalue weighted by Crippen LogP contribution is -2.42. The molecular formula is C15H27NO2Si. The smallest absolute Gasteiger partial charge is 0.192 e. The third-order valence-corrected chi connectivity index (χ3v) is 8.43. The van der Waals surface area contributed by atoms with Crippen LogP contribution in [0.5, 0.6) is 0 Å². The van der Waals surface area contributed by atoms with Gasteiger partial charge in [-0.05, 0) is 42.6 Å². The first kappa shape index (κ1) is 16.3. The van der Waals surface area contributed by atoms with Gasteiger partial charge in [-0.2, -0.15) is 0 Å². The molecule has 1 aromatic heterocycles. The summed E-state index contributed by atoms with van der Waals surface area (Å²) >= 11 is 0. The van der Waals surface area contributed by atoms with Crippen LogP contribution in [-0.2, 0) is 10.8 Å². The van der Waals surface area contributed by atoms with E-state index in [1.807, 2.05) is 18.3 Å². The van der Waals surface area contributed by atoms with Gasteiger partial charge in [-0.3, -0.25) is 4.98 Å². The van der Waals surface area contributed by atoms with E-state index in [-0.39, 0.29) is 5.04 Å². The highest BCUT2D eigenvalue weighted by atomic mass is 28.4. The summed E-state index contributed by atoms with van der Waals surface area (Å²) in [6, 6.07) is 3.96. The molecule has 1 rings (SSSR count). The number of nitrogens with zero attached hydrogens (tertiary/aromatic N) is 1. The van der Waals surface area contributed by atoms with Crippen molar-refractivity contribution >= 4 is 8.32 Å². The van der Waals surface area contributed by atoms with E-state index in [4.69, 9.17) is 4.43 Å². The molecule has 108 valence electrons. The highest BCUT2D eigenvalue weighted by molar-refractivity contribution is 6.74. The second kappa shape index (κ2) is 6.64. The van der Waals surface area contributed by atoms with Gasteiger partial charge in [0.15, 0.2) is 8.32 Å². The van der Waals surface area contributed by atoms with Crippen molar-refractivity contribution in [1.29, 1.82) is 0 Å². The Labute approximate surface area is 118 Å². The molecule has 0 aromatic carbocycles. The predicted molar refractivity (Wildman–Crippen MR) is 81.7 cm³/mol. The molecule has 19 heavy (non-hydrogen) atoms. The number of aliphatic hydroxyl groups excluding tert-OH is 1. The SMILES string of the molecule is CC(C)(C)[Si](C)(C)OC[C@H](O)CCc1cccnc1. The molecule has 1 aromatic rings. The van der Waals surface area contributed by atoms with Crippen molar-refractivity contribution in [3.63, 3.8) is 0 Å². The summed E-state index contributed by atoms with van der Waals surface area (Å²) in [7, 11) is -1.75. The van der Waals surface area contributed by atoms with E-state index in [1.54, 1.807) is 6.20 Å². The van der Waals surface area contributed by atoms with Crippen LogP contribution in [-0.4, -0.2) is 31.1 Å². The van der Waals surface area contributed by atoms with E-state index < -0.39 is 14.4 Å². The fraction of sp³-hybridized carbons (Fsp3) is 0.667. The molecule has 0 unspecified atom stereocenters. The molecule has 0 bridgehead atoms. The van der Waals surface area contributed by atoms with Crippen LogP contribution < -0.4 is 0 Å². The van der Waals surface area contributed by atoms with Crippen LogP contribution in [0.25, 0.3) is 0 Å². The summed E-state index contributed by atoms with van der Waals surface area (Å²) < 4.78 is 6.02. The van der Waals surface area contributed by atoms with Gasteiger partial charge in [-0.25, -0.2) is 0 Å². The molecule has 0 aliphatic carbocycles. The Hall–Kier alpha value is -0.713. The largest absolute Gasteiger partial charge is 0.414 e. The maximum absolute atomic E-state index is 10.0. The van der Waals surface area contributed by atoms with Gasteiger partial charge in [0.25, 0.3) is 0 Å². The van der Waals surface area contributed by atoms with Crippen molar-refractivity contribution in [3.8, 4) is 0 Å². The minimum Gasteiger partial charge on any atom is -0.414 e. The van der Waals surface area contributed by atoms with Crippen molar-refractivity contribution in [3.05, 3.63) is 30.1 Å². The van der Waals surface area contributed by atoms with Crippen LogP contribution in [0.3, 0.4) is 0 Å². The molecule has 0 aliphatic rings. The van der Waals surface area contributed by atoms with Crippen LogP contribution >= 0.6 is 0 Å². The van der Waals surface area contributed by atoms with Crippen LogP contribution in [0.1, 0.15) is 32.8 Å². The molecule has 1 atom stereocenters. The lowest BCUT2D eigenvalue weighted by molar-refractivity contribution is 0.0931. The molecule has 1 N–H and O–H groups in total. The first-order valence-electron chi connectivity index (χ1n) is 6.93. The minimum absolute atomic E-state index is 0.191. The van der Waals surface area contributed by atoms with Gasteiger partial charge >= 0.3 is 0 Å². The summed E-state index contributed by atoms with van der Waals surface area (Å²) in [6.45, 7) is 11.5. The number of hydrogen-bond acceptors (Lipinski definition) is 3. The van der Waals surface area contributed by atoms with E-state index in [9.17, 15) is 5.11 Å². The molecule has 0 spiro atoms. The lowest BCUT2D eigenvalue weighted by atomic mass is 10.1. The Kier molecular flexibility index (Phi) is 5.71. The fourth-order valence-electron chi connectivity index (χ4n) is 1.48. The number of aryl methyl sites for hydroxylation is 1. The van der Waals surface area contributed by atoms with Gasteiger partial charge in [0.1, 0.15) is 0 Å². The van der Waals surface area contributed by atoms with Gasteiger partial charge in [0, 0.05) is 12.4 Å². The molecule has 0 saturated carbocycles. The van der Waals surface area contributed by atoms with Crippen LogP contribution in [0.2, 0.25) is 18.1 Å². The zero-order chi connectivity index (χ0) is 14.5. The van der Waals surface area contributed by atoms with E-state index in [1.165, 1.54) is 0 Å². The zero-order valence-electron chi connectivity index (χ0n) is 12.8. The fourth-order valence-corrected chi connectivity index (χ4v) is 2.53. The first-order valence-corrected chi connectivity index (χ1v) is 9.84. The molecular weight excluding hydrogens is 254 g/mol. The Morgan fingerprint density at radius 1 is 1.37 bits per heavy atom. The topological polar surface area (TPSA) is 42.4 Å². The zero-order valence-corrected chi connectivity index (χ0v) is 13.8. The molecule has 4 heteroatoms. The average Bonchev–Trinajstić information content (AvgIpc) is 2.34. The molecule has 0 saturated heterocycles. The van der Waals surface area contributed by atoms with E-state index in [2.05, 4.69) is 38.8 Å². The minimum atomic E-state index is -1.75. The Bertz CT molecular complexity index is 373. The summed E-state index contributed by atoms with van der Waals surface area (Å²) in [5.41, 5.74) is 1.16. The number of pyridine rings is 1. The maximum atomic E-state index is 10.0. The molecule has 0 radical (unpaired) electrons. The summed E-state index contributed by atoms with van der Waals surface area (Å²) in [4.78, 5) is 4.07. The number of rotatable bonds is 6. The predicted octanol–water partition coefficient (Wildman–Crippen LogP) is 3.40. The normalized spacial score (nSPS) is 14.4. The third-order valence-electron chi connectivity index (χ3n) is 3.93. The van der Waals surface area contributed by atoms with Gasteiger partial charge < -0.3 is 9.53 Å². The second-order valence-corrected chi connectivity index (χ2v) is 11.4. The van der Waals surface area contributed by atoms with E-state index >= 15 is 0 Å². The molecule has 3 nitrogen and oxygen atoms in total. The quantitative estimate of drug-likeness (QED) is 0.813. The van der Waals surface area contributed by atoms with Gasteiger partial charge in [-0.1, -0.05) is 26.8 Å². The van der Waals surface area contributed by atoms with Crippen molar-refractivity contribution in [2.24, 2.45) is 0 Å². The molecule has 0 amide bonds. The summed E-state index contributed by atoms with van der Waals surface area (Å²) in [5.74, 6) is 0. The Morgan fingerprint density at radius 2 is 2.05 bits per heavy atom. The summed E-state index contributed by atoms with van der Waals surface area (Å²) in [5, 5.41) is 10.2. The third kappa shape index (κ3) is 5.43. The van der Waals surface area contributed by atoms with Crippen molar-refractivity contribution in [2.75, 3.05) is 6.61 Å². The summed E-state index contributed by atoms with van der Waals surface area (Å²) in [6.07, 6.45) is 4.78. The monoisotopic (exact) mass is 281 g/mol. The van der Waals surface area contributed by atoms with Crippen molar-refractivity contribution in [1.82, 2.24) is 4.98 Å². The second-order valence-electron chi connectivity index (χ2n) is 6.63.